The summed E-state index contributed by atoms with van der Waals surface area (Å²) >= 11 is 1.89. The lowest BCUT2D eigenvalue weighted by atomic mass is 10.1. The van der Waals surface area contributed by atoms with Gasteiger partial charge in [-0.1, -0.05) is 13.8 Å². The van der Waals surface area contributed by atoms with Gasteiger partial charge in [0.15, 0.2) is 0 Å². The maximum Gasteiger partial charge on any atom is 0.340 e. The van der Waals surface area contributed by atoms with Crippen LogP contribution in [0.2, 0.25) is 0 Å². The van der Waals surface area contributed by atoms with Crippen molar-refractivity contribution in [1.29, 1.82) is 0 Å². The van der Waals surface area contributed by atoms with Crippen molar-refractivity contribution >= 4 is 29.1 Å². The fourth-order valence-corrected chi connectivity index (χ4v) is 3.90. The van der Waals surface area contributed by atoms with E-state index in [0.717, 1.165) is 13.1 Å². The topological polar surface area (TPSA) is 55.6 Å². The summed E-state index contributed by atoms with van der Waals surface area (Å²) in [7, 11) is 0. The van der Waals surface area contributed by atoms with Gasteiger partial charge < -0.3 is 15.4 Å². The molecule has 2 unspecified atom stereocenters. The molecule has 1 heterocycles. The zero-order valence-electron chi connectivity index (χ0n) is 12.6. The van der Waals surface area contributed by atoms with E-state index < -0.39 is 11.8 Å². The monoisotopic (exact) mass is 312 g/mol. The maximum absolute atomic E-state index is 14.2. The Labute approximate surface area is 128 Å². The van der Waals surface area contributed by atoms with Gasteiger partial charge in [0.05, 0.1) is 17.9 Å². The fourth-order valence-electron chi connectivity index (χ4n) is 2.58. The Morgan fingerprint density at radius 2 is 2.05 bits per heavy atom. The summed E-state index contributed by atoms with van der Waals surface area (Å²) in [6.45, 7) is 7.73. The van der Waals surface area contributed by atoms with Crippen molar-refractivity contribution in [2.45, 2.75) is 31.3 Å². The molecule has 0 saturated carbocycles. The number of benzene rings is 1. The van der Waals surface area contributed by atoms with Crippen LogP contribution in [0.5, 0.6) is 0 Å². The zero-order valence-corrected chi connectivity index (χ0v) is 13.4. The minimum atomic E-state index is -0.510. The average molecular weight is 312 g/mol. The van der Waals surface area contributed by atoms with Crippen LogP contribution < -0.4 is 10.6 Å². The quantitative estimate of drug-likeness (QED) is 0.687. The second-order valence-corrected chi connectivity index (χ2v) is 7.16. The molecule has 6 heteroatoms. The lowest BCUT2D eigenvalue weighted by Gasteiger charge is -2.36. The van der Waals surface area contributed by atoms with Gasteiger partial charge in [-0.05, 0) is 19.1 Å². The number of anilines is 2. The molecule has 2 atom stereocenters. The third kappa shape index (κ3) is 3.61. The van der Waals surface area contributed by atoms with Crippen molar-refractivity contribution in [1.82, 2.24) is 0 Å². The van der Waals surface area contributed by atoms with Crippen LogP contribution >= 0.6 is 11.8 Å². The molecule has 0 amide bonds. The highest BCUT2D eigenvalue weighted by atomic mass is 32.2. The molecule has 2 N–H and O–H groups in total. The number of ether oxygens (including phenoxy) is 1. The van der Waals surface area contributed by atoms with E-state index in [1.165, 1.54) is 12.1 Å². The predicted molar refractivity (Wildman–Crippen MR) is 85.5 cm³/mol. The van der Waals surface area contributed by atoms with Gasteiger partial charge in [-0.2, -0.15) is 11.8 Å². The molecule has 1 aliphatic rings. The number of carbonyl (C=O) groups is 1. The maximum atomic E-state index is 14.2. The highest BCUT2D eigenvalue weighted by Gasteiger charge is 2.26. The molecule has 0 radical (unpaired) electrons. The Morgan fingerprint density at radius 3 is 2.62 bits per heavy atom. The number of hydrogen-bond donors (Lipinski definition) is 1. The molecule has 4 nitrogen and oxygen atoms in total. The molecule has 1 fully saturated rings. The van der Waals surface area contributed by atoms with E-state index in [0.29, 0.717) is 16.2 Å². The molecule has 0 aliphatic carbocycles. The number of thioether (sulfide) groups is 1. The van der Waals surface area contributed by atoms with E-state index in [9.17, 15) is 9.18 Å². The Morgan fingerprint density at radius 1 is 1.43 bits per heavy atom. The Balaban J connectivity index is 2.34. The number of nitrogen functional groups attached to an aromatic ring is 1. The largest absolute Gasteiger partial charge is 0.462 e. The Hall–Kier alpha value is -1.43. The third-order valence-corrected chi connectivity index (χ3v) is 4.60. The molecule has 0 spiro atoms. The smallest absolute Gasteiger partial charge is 0.340 e. The van der Waals surface area contributed by atoms with Crippen LogP contribution in [-0.2, 0) is 4.74 Å². The van der Waals surface area contributed by atoms with Crippen molar-refractivity contribution in [3.8, 4) is 0 Å². The van der Waals surface area contributed by atoms with Crippen LogP contribution in [0.3, 0.4) is 0 Å². The summed E-state index contributed by atoms with van der Waals surface area (Å²) in [6.07, 6.45) is 0. The van der Waals surface area contributed by atoms with Crippen LogP contribution in [0.1, 0.15) is 31.1 Å². The summed E-state index contributed by atoms with van der Waals surface area (Å²) in [6, 6.07) is 2.72. The zero-order chi connectivity index (χ0) is 15.6. The van der Waals surface area contributed by atoms with Crippen molar-refractivity contribution in [3.05, 3.63) is 23.5 Å². The molecule has 2 rings (SSSR count). The van der Waals surface area contributed by atoms with E-state index in [2.05, 4.69) is 13.8 Å². The minimum Gasteiger partial charge on any atom is -0.462 e. The van der Waals surface area contributed by atoms with Crippen LogP contribution in [-0.4, -0.2) is 36.2 Å². The van der Waals surface area contributed by atoms with Gasteiger partial charge in [0, 0.05) is 29.3 Å². The number of esters is 1. The van der Waals surface area contributed by atoms with Gasteiger partial charge in [-0.15, -0.1) is 0 Å². The normalized spacial score (nSPS) is 22.2. The van der Waals surface area contributed by atoms with E-state index in [1.54, 1.807) is 6.92 Å². The molecule has 21 heavy (non-hydrogen) atoms. The first-order valence-corrected chi connectivity index (χ1v) is 8.03. The fraction of sp³-hybridized carbons (Fsp3) is 0.533. The van der Waals surface area contributed by atoms with Gasteiger partial charge in [0.2, 0.25) is 0 Å². The summed E-state index contributed by atoms with van der Waals surface area (Å²) < 4.78 is 19.2. The van der Waals surface area contributed by atoms with Gasteiger partial charge in [-0.3, -0.25) is 0 Å². The number of nitrogens with zero attached hydrogens (tertiary/aromatic N) is 1. The van der Waals surface area contributed by atoms with E-state index >= 15 is 0 Å². The van der Waals surface area contributed by atoms with E-state index in [1.807, 2.05) is 16.7 Å². The second-order valence-electron chi connectivity index (χ2n) is 5.27. The molecule has 1 aliphatic heterocycles. The standard InChI is InChI=1S/C15H21FN2O2S/c1-4-20-15(19)11-5-14(12(16)6-13(11)17)18-7-9(2)21-10(3)8-18/h5-6,9-10H,4,7-8,17H2,1-3H3. The Bertz CT molecular complexity index is 529. The first-order valence-electron chi connectivity index (χ1n) is 7.09. The SMILES string of the molecule is CCOC(=O)c1cc(N2CC(C)SC(C)C2)c(F)cc1N. The summed E-state index contributed by atoms with van der Waals surface area (Å²) in [5.74, 6) is -0.907. The van der Waals surface area contributed by atoms with Crippen LogP contribution in [0.4, 0.5) is 15.8 Å². The molecular formula is C15H21FN2O2S. The highest BCUT2D eigenvalue weighted by Crippen LogP contribution is 2.32. The first-order chi connectivity index (χ1) is 9.92. The molecule has 0 bridgehead atoms. The second kappa shape index (κ2) is 6.56. The van der Waals surface area contributed by atoms with Gasteiger partial charge in [-0.25, -0.2) is 9.18 Å². The molecule has 1 saturated heterocycles. The van der Waals surface area contributed by atoms with Crippen molar-refractivity contribution in [3.63, 3.8) is 0 Å². The van der Waals surface area contributed by atoms with Crippen LogP contribution in [0, 0.1) is 5.82 Å². The summed E-state index contributed by atoms with van der Waals surface area (Å²) in [5.41, 5.74) is 6.51. The third-order valence-electron chi connectivity index (χ3n) is 3.37. The van der Waals surface area contributed by atoms with E-state index in [-0.39, 0.29) is 17.9 Å². The van der Waals surface area contributed by atoms with Gasteiger partial charge in [0.1, 0.15) is 5.82 Å². The number of halogens is 1. The average Bonchev–Trinajstić information content (AvgIpc) is 2.37. The molecule has 116 valence electrons. The highest BCUT2D eigenvalue weighted by molar-refractivity contribution is 8.00. The summed E-state index contributed by atoms with van der Waals surface area (Å²) in [4.78, 5) is 13.9. The van der Waals surface area contributed by atoms with Crippen LogP contribution in [0.15, 0.2) is 12.1 Å². The van der Waals surface area contributed by atoms with Crippen molar-refractivity contribution in [2.75, 3.05) is 30.3 Å². The first kappa shape index (κ1) is 15.9. The number of nitrogens with two attached hydrogens (primary N) is 1. The van der Waals surface area contributed by atoms with Crippen LogP contribution in [0.25, 0.3) is 0 Å². The Kier molecular flexibility index (Phi) is 4.98. The number of rotatable bonds is 3. The van der Waals surface area contributed by atoms with E-state index in [4.69, 9.17) is 10.5 Å². The lowest BCUT2D eigenvalue weighted by molar-refractivity contribution is 0.0527. The predicted octanol–water partition coefficient (Wildman–Crippen LogP) is 2.91. The lowest BCUT2D eigenvalue weighted by Crippen LogP contribution is -2.41. The minimum absolute atomic E-state index is 0.113. The molecular weight excluding hydrogens is 291 g/mol. The van der Waals surface area contributed by atoms with Crippen molar-refractivity contribution in [2.24, 2.45) is 0 Å². The molecule has 1 aromatic carbocycles. The van der Waals surface area contributed by atoms with Gasteiger partial charge in [0.25, 0.3) is 0 Å². The van der Waals surface area contributed by atoms with Gasteiger partial charge >= 0.3 is 5.97 Å². The number of hydrogen-bond acceptors (Lipinski definition) is 5. The molecule has 1 aromatic rings. The summed E-state index contributed by atoms with van der Waals surface area (Å²) in [5, 5.41) is 0.827. The van der Waals surface area contributed by atoms with Crippen molar-refractivity contribution < 1.29 is 13.9 Å². The molecule has 0 aromatic heterocycles. The number of carbonyl (C=O) groups excluding carboxylic acids is 1.